The minimum Gasteiger partial charge on any atom is -0.395 e. The van der Waals surface area contributed by atoms with Crippen molar-refractivity contribution in [3.63, 3.8) is 0 Å². The first-order valence-corrected chi connectivity index (χ1v) is 7.67. The Bertz CT molecular complexity index is 446. The number of rotatable bonds is 4. The number of carbonyl (C=O) groups is 1. The number of ketones is 1. The average Bonchev–Trinajstić information content (AvgIpc) is 2.71. The number of aliphatic hydroxyl groups is 1. The summed E-state index contributed by atoms with van der Waals surface area (Å²) in [5.41, 5.74) is 0.683. The lowest BCUT2D eigenvalue weighted by Crippen LogP contribution is -2.47. The third-order valence-corrected chi connectivity index (χ3v) is 4.39. The van der Waals surface area contributed by atoms with Crippen LogP contribution in [0.1, 0.15) is 43.0 Å². The van der Waals surface area contributed by atoms with E-state index in [1.807, 2.05) is 6.92 Å². The fourth-order valence-electron chi connectivity index (χ4n) is 2.91. The molecule has 1 aromatic carbocycles. The zero-order valence-electron chi connectivity index (χ0n) is 11.9. The summed E-state index contributed by atoms with van der Waals surface area (Å²) in [4.78, 5) is 14.7. The molecule has 1 fully saturated rings. The molecule has 1 aliphatic heterocycles. The van der Waals surface area contributed by atoms with Crippen LogP contribution in [0.3, 0.4) is 0 Å². The second-order valence-electron chi connectivity index (χ2n) is 5.47. The Morgan fingerprint density at radius 2 is 2.05 bits per heavy atom. The van der Waals surface area contributed by atoms with Crippen molar-refractivity contribution in [3.8, 4) is 0 Å². The number of Topliss-reactive ketones (excluding diaryl/α,β-unsaturated/α-hetero) is 1. The largest absolute Gasteiger partial charge is 0.395 e. The van der Waals surface area contributed by atoms with Crippen molar-refractivity contribution in [2.75, 3.05) is 13.2 Å². The monoisotopic (exact) mass is 295 g/mol. The summed E-state index contributed by atoms with van der Waals surface area (Å²) in [6.45, 7) is 2.94. The van der Waals surface area contributed by atoms with Crippen molar-refractivity contribution >= 4 is 17.4 Å². The summed E-state index contributed by atoms with van der Waals surface area (Å²) in [5.74, 6) is 0.0991. The van der Waals surface area contributed by atoms with E-state index in [1.54, 1.807) is 24.3 Å². The van der Waals surface area contributed by atoms with Crippen LogP contribution in [0, 0.1) is 0 Å². The smallest absolute Gasteiger partial charge is 0.179 e. The predicted molar refractivity (Wildman–Crippen MR) is 81.3 cm³/mol. The highest BCUT2D eigenvalue weighted by Crippen LogP contribution is 2.21. The first-order valence-electron chi connectivity index (χ1n) is 7.30. The Morgan fingerprint density at radius 1 is 1.35 bits per heavy atom. The molecule has 4 heteroatoms. The Morgan fingerprint density at radius 3 is 2.70 bits per heavy atom. The fourth-order valence-corrected chi connectivity index (χ4v) is 3.04. The molecule has 3 nitrogen and oxygen atoms in total. The van der Waals surface area contributed by atoms with Crippen LogP contribution in [0.5, 0.6) is 0 Å². The number of nitrogens with zero attached hydrogens (tertiary/aromatic N) is 1. The summed E-state index contributed by atoms with van der Waals surface area (Å²) < 4.78 is 0. The molecule has 1 heterocycles. The predicted octanol–water partition coefficient (Wildman–Crippen LogP) is 3.15. The van der Waals surface area contributed by atoms with Crippen LogP contribution in [0.4, 0.5) is 0 Å². The molecule has 20 heavy (non-hydrogen) atoms. The van der Waals surface area contributed by atoms with Crippen LogP contribution in [0.25, 0.3) is 0 Å². The van der Waals surface area contributed by atoms with E-state index in [-0.39, 0.29) is 24.5 Å². The molecule has 2 rings (SSSR count). The Labute approximate surface area is 125 Å². The maximum Gasteiger partial charge on any atom is 0.179 e. The number of halogens is 1. The van der Waals surface area contributed by atoms with Gasteiger partial charge >= 0.3 is 0 Å². The standard InChI is InChI=1S/C16H22ClNO2/c1-12(16(20)13-6-8-14(17)9-7-13)18-10-4-2-3-5-15(18)11-19/h6-9,12,15,19H,2-5,10-11H2,1H3. The van der Waals surface area contributed by atoms with E-state index in [1.165, 1.54) is 6.42 Å². The van der Waals surface area contributed by atoms with Crippen LogP contribution in [0.15, 0.2) is 24.3 Å². The lowest BCUT2D eigenvalue weighted by Gasteiger charge is -2.33. The van der Waals surface area contributed by atoms with Crippen molar-refractivity contribution in [1.82, 2.24) is 4.90 Å². The maximum atomic E-state index is 12.6. The van der Waals surface area contributed by atoms with E-state index in [4.69, 9.17) is 11.6 Å². The van der Waals surface area contributed by atoms with Gasteiger partial charge in [0.25, 0.3) is 0 Å². The maximum absolute atomic E-state index is 12.6. The minimum atomic E-state index is -0.202. The third kappa shape index (κ3) is 3.60. The molecule has 0 spiro atoms. The molecule has 1 aliphatic rings. The molecule has 1 N–H and O–H groups in total. The van der Waals surface area contributed by atoms with Crippen LogP contribution < -0.4 is 0 Å². The number of aliphatic hydroxyl groups excluding tert-OH is 1. The van der Waals surface area contributed by atoms with Crippen LogP contribution in [0.2, 0.25) is 5.02 Å². The first kappa shape index (κ1) is 15.5. The normalized spacial score (nSPS) is 22.2. The minimum absolute atomic E-state index is 0.0991. The van der Waals surface area contributed by atoms with Crippen molar-refractivity contribution in [2.24, 2.45) is 0 Å². The van der Waals surface area contributed by atoms with Crippen molar-refractivity contribution in [3.05, 3.63) is 34.9 Å². The van der Waals surface area contributed by atoms with Crippen molar-refractivity contribution < 1.29 is 9.90 Å². The number of hydrogen-bond donors (Lipinski definition) is 1. The molecule has 0 amide bonds. The molecular formula is C16H22ClNO2. The van der Waals surface area contributed by atoms with Crippen molar-refractivity contribution in [1.29, 1.82) is 0 Å². The topological polar surface area (TPSA) is 40.5 Å². The van der Waals surface area contributed by atoms with Gasteiger partial charge in [-0.05, 0) is 50.6 Å². The van der Waals surface area contributed by atoms with E-state index in [0.29, 0.717) is 10.6 Å². The quantitative estimate of drug-likeness (QED) is 0.868. The Hall–Kier alpha value is -0.900. The van der Waals surface area contributed by atoms with Gasteiger partial charge in [-0.15, -0.1) is 0 Å². The van der Waals surface area contributed by atoms with Gasteiger partial charge in [0, 0.05) is 16.6 Å². The summed E-state index contributed by atoms with van der Waals surface area (Å²) in [5, 5.41) is 10.2. The highest BCUT2D eigenvalue weighted by molar-refractivity contribution is 6.30. The van der Waals surface area contributed by atoms with Gasteiger partial charge in [-0.25, -0.2) is 0 Å². The first-order chi connectivity index (χ1) is 9.63. The zero-order chi connectivity index (χ0) is 14.5. The third-order valence-electron chi connectivity index (χ3n) is 4.14. The molecule has 1 saturated heterocycles. The molecule has 0 aliphatic carbocycles. The molecule has 0 aromatic heterocycles. The molecule has 0 saturated carbocycles. The van der Waals surface area contributed by atoms with Crippen LogP contribution in [-0.4, -0.2) is 41.0 Å². The van der Waals surface area contributed by atoms with E-state index in [2.05, 4.69) is 4.90 Å². The average molecular weight is 296 g/mol. The van der Waals surface area contributed by atoms with Gasteiger partial charge in [0.15, 0.2) is 5.78 Å². The fraction of sp³-hybridized carbons (Fsp3) is 0.562. The number of likely N-dealkylation sites (tertiary alicyclic amines) is 1. The molecule has 0 bridgehead atoms. The second kappa shape index (κ2) is 7.21. The van der Waals surface area contributed by atoms with Gasteiger partial charge < -0.3 is 5.11 Å². The van der Waals surface area contributed by atoms with Crippen molar-refractivity contribution in [2.45, 2.75) is 44.7 Å². The van der Waals surface area contributed by atoms with E-state index >= 15 is 0 Å². The number of carbonyl (C=O) groups excluding carboxylic acids is 1. The molecule has 2 atom stereocenters. The van der Waals surface area contributed by atoms with Gasteiger partial charge in [-0.1, -0.05) is 24.4 Å². The van der Waals surface area contributed by atoms with E-state index in [9.17, 15) is 9.90 Å². The molecule has 110 valence electrons. The zero-order valence-corrected chi connectivity index (χ0v) is 12.6. The number of benzene rings is 1. The van der Waals surface area contributed by atoms with Gasteiger partial charge in [-0.2, -0.15) is 0 Å². The molecular weight excluding hydrogens is 274 g/mol. The summed E-state index contributed by atoms with van der Waals surface area (Å²) in [7, 11) is 0. The van der Waals surface area contributed by atoms with Gasteiger partial charge in [-0.3, -0.25) is 9.69 Å². The summed E-state index contributed by atoms with van der Waals surface area (Å²) in [6.07, 6.45) is 4.36. The SMILES string of the molecule is CC(C(=O)c1ccc(Cl)cc1)N1CCCCCC1CO. The Balaban J connectivity index is 2.13. The molecule has 0 radical (unpaired) electrons. The lowest BCUT2D eigenvalue weighted by atomic mass is 10.0. The Kier molecular flexibility index (Phi) is 5.58. The summed E-state index contributed by atoms with van der Waals surface area (Å²) >= 11 is 5.86. The molecule has 1 aromatic rings. The van der Waals surface area contributed by atoms with Crippen LogP contribution >= 0.6 is 11.6 Å². The van der Waals surface area contributed by atoms with Gasteiger partial charge in [0.05, 0.1) is 12.6 Å². The van der Waals surface area contributed by atoms with E-state index in [0.717, 1.165) is 25.8 Å². The lowest BCUT2D eigenvalue weighted by molar-refractivity contribution is 0.0650. The van der Waals surface area contributed by atoms with Gasteiger partial charge in [0.1, 0.15) is 0 Å². The van der Waals surface area contributed by atoms with E-state index < -0.39 is 0 Å². The second-order valence-corrected chi connectivity index (χ2v) is 5.91. The summed E-state index contributed by atoms with van der Waals surface area (Å²) in [6, 6.07) is 6.93. The molecule has 2 unspecified atom stereocenters. The highest BCUT2D eigenvalue weighted by atomic mass is 35.5. The van der Waals surface area contributed by atoms with Gasteiger partial charge in [0.2, 0.25) is 0 Å². The highest BCUT2D eigenvalue weighted by Gasteiger charge is 2.29. The van der Waals surface area contributed by atoms with Crippen LogP contribution in [-0.2, 0) is 0 Å². The number of hydrogen-bond acceptors (Lipinski definition) is 3.